The maximum Gasteiger partial charge on any atom is 0.269 e. The predicted molar refractivity (Wildman–Crippen MR) is 68.4 cm³/mol. The van der Waals surface area contributed by atoms with Crippen molar-refractivity contribution in [2.45, 2.75) is 20.8 Å². The highest BCUT2D eigenvalue weighted by Gasteiger charge is 2.11. The van der Waals surface area contributed by atoms with Crippen LogP contribution in [-0.2, 0) is 0 Å². The number of nitrogens with two attached hydrogens (primary N) is 1. The van der Waals surface area contributed by atoms with E-state index in [4.69, 9.17) is 5.84 Å². The molecule has 1 rings (SSSR count). The van der Waals surface area contributed by atoms with Crippen LogP contribution in [0.4, 0.5) is 5.69 Å². The summed E-state index contributed by atoms with van der Waals surface area (Å²) < 4.78 is 0. The number of nitrogen functional groups attached to an aromatic ring is 1. The van der Waals surface area contributed by atoms with E-state index in [0.29, 0.717) is 29.8 Å². The number of nitrogens with one attached hydrogen (secondary N) is 2. The molecule has 1 aromatic heterocycles. The topological polar surface area (TPSA) is 80.0 Å². The van der Waals surface area contributed by atoms with Gasteiger partial charge in [0.2, 0.25) is 0 Å². The van der Waals surface area contributed by atoms with Crippen molar-refractivity contribution in [2.75, 3.05) is 12.0 Å². The van der Waals surface area contributed by atoms with E-state index in [2.05, 4.69) is 36.5 Å². The van der Waals surface area contributed by atoms with E-state index >= 15 is 0 Å². The second-order valence-corrected chi connectivity index (χ2v) is 4.51. The van der Waals surface area contributed by atoms with Gasteiger partial charge in [-0.1, -0.05) is 20.8 Å². The summed E-state index contributed by atoms with van der Waals surface area (Å²) in [6, 6.07) is 3.32. The van der Waals surface area contributed by atoms with Gasteiger partial charge in [0.15, 0.2) is 0 Å². The fraction of sp³-hybridized carbons (Fsp3) is 0.500. The second-order valence-electron chi connectivity index (χ2n) is 4.51. The molecule has 0 fully saturated rings. The third kappa shape index (κ3) is 4.03. The first kappa shape index (κ1) is 13.4. The molecule has 0 aliphatic heterocycles. The summed E-state index contributed by atoms with van der Waals surface area (Å²) in [5.74, 6) is 6.08. The Kier molecular flexibility index (Phi) is 4.90. The molecule has 5 nitrogen and oxygen atoms in total. The smallest absolute Gasteiger partial charge is 0.269 e. The average molecular weight is 236 g/mol. The van der Waals surface area contributed by atoms with E-state index in [-0.39, 0.29) is 5.91 Å². The van der Waals surface area contributed by atoms with Gasteiger partial charge in [0, 0.05) is 12.7 Å². The zero-order valence-electron chi connectivity index (χ0n) is 10.5. The van der Waals surface area contributed by atoms with Crippen molar-refractivity contribution in [3.05, 3.63) is 24.0 Å². The summed E-state index contributed by atoms with van der Waals surface area (Å²) in [6.07, 6.45) is 1.55. The summed E-state index contributed by atoms with van der Waals surface area (Å²) >= 11 is 0. The monoisotopic (exact) mass is 236 g/mol. The SMILES string of the molecule is CC(C)C(C)CNC(=O)c1cc(NN)ccn1. The zero-order valence-corrected chi connectivity index (χ0v) is 10.5. The number of hydrogen-bond acceptors (Lipinski definition) is 4. The first-order valence-electron chi connectivity index (χ1n) is 5.75. The largest absolute Gasteiger partial charge is 0.350 e. The lowest BCUT2D eigenvalue weighted by molar-refractivity contribution is 0.0940. The molecule has 1 atom stereocenters. The fourth-order valence-corrected chi connectivity index (χ4v) is 1.22. The van der Waals surface area contributed by atoms with Crippen molar-refractivity contribution in [3.8, 4) is 0 Å². The number of rotatable bonds is 5. The van der Waals surface area contributed by atoms with Gasteiger partial charge in [0.25, 0.3) is 5.91 Å². The molecule has 0 bridgehead atoms. The molecular formula is C12H20N4O. The summed E-state index contributed by atoms with van der Waals surface area (Å²) in [4.78, 5) is 15.8. The Morgan fingerprint density at radius 1 is 1.47 bits per heavy atom. The molecule has 0 radical (unpaired) electrons. The van der Waals surface area contributed by atoms with Crippen molar-refractivity contribution in [3.63, 3.8) is 0 Å². The van der Waals surface area contributed by atoms with Crippen molar-refractivity contribution in [2.24, 2.45) is 17.7 Å². The molecule has 0 spiro atoms. The molecule has 1 amide bonds. The van der Waals surface area contributed by atoms with E-state index in [1.807, 2.05) is 0 Å². The van der Waals surface area contributed by atoms with Crippen LogP contribution in [0.5, 0.6) is 0 Å². The van der Waals surface area contributed by atoms with Crippen LogP contribution >= 0.6 is 0 Å². The lowest BCUT2D eigenvalue weighted by Gasteiger charge is -2.15. The number of aromatic nitrogens is 1. The van der Waals surface area contributed by atoms with Crippen LogP contribution in [0.15, 0.2) is 18.3 Å². The van der Waals surface area contributed by atoms with Crippen LogP contribution in [0.1, 0.15) is 31.3 Å². The Balaban J connectivity index is 2.57. The lowest BCUT2D eigenvalue weighted by atomic mass is 9.98. The highest BCUT2D eigenvalue weighted by molar-refractivity contribution is 5.93. The van der Waals surface area contributed by atoms with Gasteiger partial charge < -0.3 is 10.7 Å². The fourth-order valence-electron chi connectivity index (χ4n) is 1.22. The molecule has 5 heteroatoms. The molecule has 4 N–H and O–H groups in total. The first-order valence-corrected chi connectivity index (χ1v) is 5.75. The zero-order chi connectivity index (χ0) is 12.8. The van der Waals surface area contributed by atoms with Gasteiger partial charge in [0.1, 0.15) is 5.69 Å². The Morgan fingerprint density at radius 3 is 2.76 bits per heavy atom. The average Bonchev–Trinajstić information content (AvgIpc) is 2.35. The molecule has 1 heterocycles. The van der Waals surface area contributed by atoms with Gasteiger partial charge in [-0.25, -0.2) is 0 Å². The molecule has 1 unspecified atom stereocenters. The molecule has 94 valence electrons. The summed E-state index contributed by atoms with van der Waals surface area (Å²) in [6.45, 7) is 7.02. The number of hydrogen-bond donors (Lipinski definition) is 3. The number of amides is 1. The number of nitrogens with zero attached hydrogens (tertiary/aromatic N) is 1. The van der Waals surface area contributed by atoms with Crippen LogP contribution in [-0.4, -0.2) is 17.4 Å². The quantitative estimate of drug-likeness (QED) is 0.533. The summed E-state index contributed by atoms with van der Waals surface area (Å²) in [5.41, 5.74) is 3.53. The first-order chi connectivity index (χ1) is 8.04. The summed E-state index contributed by atoms with van der Waals surface area (Å²) in [7, 11) is 0. The number of pyridine rings is 1. The van der Waals surface area contributed by atoms with Crippen LogP contribution in [0, 0.1) is 11.8 Å². The molecular weight excluding hydrogens is 216 g/mol. The second kappa shape index (κ2) is 6.20. The van der Waals surface area contributed by atoms with Crippen molar-refractivity contribution < 1.29 is 4.79 Å². The number of carbonyl (C=O) groups excluding carboxylic acids is 1. The Labute approximate surface area is 102 Å². The van der Waals surface area contributed by atoms with Gasteiger partial charge in [-0.3, -0.25) is 15.6 Å². The minimum Gasteiger partial charge on any atom is -0.350 e. The highest BCUT2D eigenvalue weighted by atomic mass is 16.1. The number of carbonyl (C=O) groups is 1. The molecule has 0 aliphatic rings. The van der Waals surface area contributed by atoms with Gasteiger partial charge in [-0.2, -0.15) is 0 Å². The number of anilines is 1. The van der Waals surface area contributed by atoms with Crippen LogP contribution in [0.3, 0.4) is 0 Å². The number of hydrazine groups is 1. The standard InChI is InChI=1S/C12H20N4O/c1-8(2)9(3)7-15-12(17)11-6-10(16-13)4-5-14-11/h4-6,8-9H,7,13H2,1-3H3,(H,14,16)(H,15,17). The van der Waals surface area contributed by atoms with Gasteiger partial charge in [-0.05, 0) is 24.0 Å². The maximum absolute atomic E-state index is 11.8. The van der Waals surface area contributed by atoms with Crippen molar-refractivity contribution >= 4 is 11.6 Å². The minimum absolute atomic E-state index is 0.172. The van der Waals surface area contributed by atoms with Crippen molar-refractivity contribution in [1.29, 1.82) is 0 Å². The Hall–Kier alpha value is -1.62. The molecule has 17 heavy (non-hydrogen) atoms. The van der Waals surface area contributed by atoms with Crippen LogP contribution in [0.2, 0.25) is 0 Å². The van der Waals surface area contributed by atoms with E-state index < -0.39 is 0 Å². The van der Waals surface area contributed by atoms with Crippen molar-refractivity contribution in [1.82, 2.24) is 10.3 Å². The third-order valence-corrected chi connectivity index (χ3v) is 2.88. The van der Waals surface area contributed by atoms with E-state index in [1.54, 1.807) is 18.3 Å². The van der Waals surface area contributed by atoms with E-state index in [9.17, 15) is 4.79 Å². The minimum atomic E-state index is -0.172. The van der Waals surface area contributed by atoms with E-state index in [0.717, 1.165) is 0 Å². The molecule has 0 saturated carbocycles. The highest BCUT2D eigenvalue weighted by Crippen LogP contribution is 2.09. The maximum atomic E-state index is 11.8. The summed E-state index contributed by atoms with van der Waals surface area (Å²) in [5, 5.41) is 2.86. The molecule has 0 saturated heterocycles. The molecule has 0 aliphatic carbocycles. The van der Waals surface area contributed by atoms with Gasteiger partial charge >= 0.3 is 0 Å². The Bertz CT molecular complexity index is 379. The third-order valence-electron chi connectivity index (χ3n) is 2.88. The molecule has 1 aromatic rings. The molecule has 0 aromatic carbocycles. The lowest BCUT2D eigenvalue weighted by Crippen LogP contribution is -2.30. The Morgan fingerprint density at radius 2 is 2.18 bits per heavy atom. The van der Waals surface area contributed by atoms with Gasteiger partial charge in [-0.15, -0.1) is 0 Å². The van der Waals surface area contributed by atoms with Gasteiger partial charge in [0.05, 0.1) is 5.69 Å². The normalized spacial score (nSPS) is 12.3. The van der Waals surface area contributed by atoms with Crippen LogP contribution < -0.4 is 16.6 Å². The van der Waals surface area contributed by atoms with E-state index in [1.165, 1.54) is 0 Å². The van der Waals surface area contributed by atoms with Crippen LogP contribution in [0.25, 0.3) is 0 Å². The predicted octanol–water partition coefficient (Wildman–Crippen LogP) is 1.39.